The Morgan fingerprint density at radius 3 is 1.92 bits per heavy atom. The summed E-state index contributed by atoms with van der Waals surface area (Å²) in [5, 5.41) is 0.483. The van der Waals surface area contributed by atoms with E-state index in [2.05, 4.69) is 12.6 Å². The van der Waals surface area contributed by atoms with Gasteiger partial charge >= 0.3 is 0 Å². The number of alkyl halides is 2. The van der Waals surface area contributed by atoms with E-state index in [0.717, 1.165) is 25.7 Å². The molecule has 0 radical (unpaired) electrons. The summed E-state index contributed by atoms with van der Waals surface area (Å²) in [6.45, 7) is 0. The maximum atomic E-state index is 12.8. The molecule has 0 saturated heterocycles. The first-order valence-electron chi connectivity index (χ1n) is 4.57. The average Bonchev–Trinajstić information content (AvgIpc) is 1.92. The molecule has 2 aliphatic rings. The van der Waals surface area contributed by atoms with Crippen LogP contribution in [0.5, 0.6) is 0 Å². The predicted octanol–water partition coefficient (Wildman–Crippen LogP) is 3.27. The Labute approximate surface area is 77.1 Å². The summed E-state index contributed by atoms with van der Waals surface area (Å²) in [5.74, 6) is -2.37. The van der Waals surface area contributed by atoms with Crippen molar-refractivity contribution in [2.45, 2.75) is 49.7 Å². The van der Waals surface area contributed by atoms with E-state index in [1.807, 2.05) is 0 Å². The fraction of sp³-hybridized carbons (Fsp3) is 1.00. The van der Waals surface area contributed by atoms with Gasteiger partial charge in [-0.3, -0.25) is 0 Å². The highest BCUT2D eigenvalue weighted by Gasteiger charge is 2.49. The monoisotopic (exact) mass is 192 g/mol. The van der Waals surface area contributed by atoms with Gasteiger partial charge in [-0.1, -0.05) is 0 Å². The lowest BCUT2D eigenvalue weighted by Crippen LogP contribution is -2.43. The van der Waals surface area contributed by atoms with Crippen molar-refractivity contribution in [3.8, 4) is 0 Å². The molecule has 0 bridgehead atoms. The van der Waals surface area contributed by atoms with Crippen LogP contribution in [-0.2, 0) is 0 Å². The molecule has 2 aliphatic carbocycles. The molecular weight excluding hydrogens is 178 g/mol. The van der Waals surface area contributed by atoms with Crippen molar-refractivity contribution < 1.29 is 8.78 Å². The zero-order chi connectivity index (χ0) is 8.82. The van der Waals surface area contributed by atoms with Gasteiger partial charge in [-0.15, -0.1) is 0 Å². The Balaban J connectivity index is 1.91. The lowest BCUT2D eigenvalue weighted by Gasteiger charge is -2.50. The lowest BCUT2D eigenvalue weighted by atomic mass is 9.60. The molecule has 0 aliphatic heterocycles. The van der Waals surface area contributed by atoms with E-state index in [-0.39, 0.29) is 18.3 Å². The van der Waals surface area contributed by atoms with Gasteiger partial charge in [-0.25, -0.2) is 8.78 Å². The van der Waals surface area contributed by atoms with E-state index in [1.165, 1.54) is 0 Å². The second kappa shape index (κ2) is 2.60. The molecule has 0 unspecified atom stereocenters. The molecule has 12 heavy (non-hydrogen) atoms. The van der Waals surface area contributed by atoms with Gasteiger partial charge in [-0.05, 0) is 31.1 Å². The highest BCUT2D eigenvalue weighted by molar-refractivity contribution is 7.81. The van der Waals surface area contributed by atoms with E-state index in [1.54, 1.807) is 0 Å². The minimum absolute atomic E-state index is 0.105. The maximum Gasteiger partial charge on any atom is 0.248 e. The van der Waals surface area contributed by atoms with Gasteiger partial charge in [-0.2, -0.15) is 12.6 Å². The van der Waals surface area contributed by atoms with E-state index in [0.29, 0.717) is 5.25 Å². The van der Waals surface area contributed by atoms with Gasteiger partial charge in [0.1, 0.15) is 0 Å². The van der Waals surface area contributed by atoms with E-state index >= 15 is 0 Å². The number of hydrogen-bond donors (Lipinski definition) is 1. The Kier molecular flexibility index (Phi) is 1.90. The summed E-state index contributed by atoms with van der Waals surface area (Å²) in [7, 11) is 0. The van der Waals surface area contributed by atoms with E-state index < -0.39 is 5.92 Å². The van der Waals surface area contributed by atoms with Crippen molar-refractivity contribution in [3.63, 3.8) is 0 Å². The molecule has 0 N–H and O–H groups in total. The Morgan fingerprint density at radius 2 is 1.50 bits per heavy atom. The van der Waals surface area contributed by atoms with Gasteiger partial charge in [0.05, 0.1) is 0 Å². The van der Waals surface area contributed by atoms with Crippen molar-refractivity contribution in [2.75, 3.05) is 0 Å². The maximum absolute atomic E-state index is 12.8. The van der Waals surface area contributed by atoms with Crippen LogP contribution in [0, 0.1) is 5.41 Å². The number of halogens is 2. The molecule has 0 atom stereocenters. The summed E-state index contributed by atoms with van der Waals surface area (Å²) in [6.07, 6.45) is 3.77. The standard InChI is InChI=1S/C9H14F2S/c10-9(11)3-1-8(2-4-9)5-7(12)6-8/h7,12H,1-6H2. The van der Waals surface area contributed by atoms with Gasteiger partial charge in [0.2, 0.25) is 5.92 Å². The molecule has 0 nitrogen and oxygen atoms in total. The van der Waals surface area contributed by atoms with Crippen molar-refractivity contribution >= 4 is 12.6 Å². The Bertz CT molecular complexity index is 173. The van der Waals surface area contributed by atoms with Crippen LogP contribution in [0.25, 0.3) is 0 Å². The van der Waals surface area contributed by atoms with Crippen LogP contribution < -0.4 is 0 Å². The van der Waals surface area contributed by atoms with Crippen LogP contribution >= 0.6 is 12.6 Å². The van der Waals surface area contributed by atoms with Crippen LogP contribution in [0.2, 0.25) is 0 Å². The zero-order valence-corrected chi connectivity index (χ0v) is 7.92. The summed E-state index contributed by atoms with van der Waals surface area (Å²) < 4.78 is 25.6. The van der Waals surface area contributed by atoms with Crippen molar-refractivity contribution in [2.24, 2.45) is 5.41 Å². The van der Waals surface area contributed by atoms with E-state index in [4.69, 9.17) is 0 Å². The summed E-state index contributed by atoms with van der Waals surface area (Å²) in [4.78, 5) is 0. The molecule has 70 valence electrons. The van der Waals surface area contributed by atoms with Crippen LogP contribution in [0.1, 0.15) is 38.5 Å². The summed E-state index contributed by atoms with van der Waals surface area (Å²) in [6, 6.07) is 0. The topological polar surface area (TPSA) is 0 Å². The minimum atomic E-state index is -2.37. The predicted molar refractivity (Wildman–Crippen MR) is 47.9 cm³/mol. The van der Waals surface area contributed by atoms with Crippen LogP contribution in [0.3, 0.4) is 0 Å². The number of hydrogen-bond acceptors (Lipinski definition) is 1. The molecule has 0 aromatic heterocycles. The lowest BCUT2D eigenvalue weighted by molar-refractivity contribution is -0.0844. The second-order valence-electron chi connectivity index (χ2n) is 4.42. The van der Waals surface area contributed by atoms with Crippen LogP contribution in [0.15, 0.2) is 0 Å². The van der Waals surface area contributed by atoms with Gasteiger partial charge in [0, 0.05) is 18.1 Å². The van der Waals surface area contributed by atoms with Gasteiger partial charge in [0.15, 0.2) is 0 Å². The summed E-state index contributed by atoms with van der Waals surface area (Å²) >= 11 is 4.32. The molecule has 1 spiro atoms. The average molecular weight is 192 g/mol. The molecule has 0 aromatic rings. The summed E-state index contributed by atoms with van der Waals surface area (Å²) in [5.41, 5.74) is 0.272. The van der Waals surface area contributed by atoms with Crippen molar-refractivity contribution in [1.29, 1.82) is 0 Å². The van der Waals surface area contributed by atoms with Crippen LogP contribution in [-0.4, -0.2) is 11.2 Å². The largest absolute Gasteiger partial charge is 0.248 e. The van der Waals surface area contributed by atoms with Gasteiger partial charge in [0.25, 0.3) is 0 Å². The number of rotatable bonds is 0. The highest BCUT2D eigenvalue weighted by Crippen LogP contribution is 2.56. The third kappa shape index (κ3) is 1.48. The SMILES string of the molecule is FC1(F)CCC2(CC1)CC(S)C2. The smallest absolute Gasteiger partial charge is 0.207 e. The van der Waals surface area contributed by atoms with Crippen molar-refractivity contribution in [3.05, 3.63) is 0 Å². The fourth-order valence-corrected chi connectivity index (χ4v) is 3.27. The third-order valence-electron chi connectivity index (χ3n) is 3.38. The molecule has 2 saturated carbocycles. The molecular formula is C9H14F2S. The molecule has 0 aromatic carbocycles. The van der Waals surface area contributed by atoms with E-state index in [9.17, 15) is 8.78 Å². The zero-order valence-electron chi connectivity index (χ0n) is 7.02. The molecule has 0 amide bonds. The first kappa shape index (κ1) is 8.79. The molecule has 3 heteroatoms. The fourth-order valence-electron chi connectivity index (χ4n) is 2.49. The minimum Gasteiger partial charge on any atom is -0.207 e. The number of thiol groups is 1. The molecule has 2 rings (SSSR count). The first-order chi connectivity index (χ1) is 5.52. The second-order valence-corrected chi connectivity index (χ2v) is 5.15. The molecule has 0 heterocycles. The normalized spacial score (nSPS) is 33.2. The highest BCUT2D eigenvalue weighted by atomic mass is 32.1. The quantitative estimate of drug-likeness (QED) is 0.559. The Hall–Kier alpha value is 0.210. The van der Waals surface area contributed by atoms with Crippen molar-refractivity contribution in [1.82, 2.24) is 0 Å². The van der Waals surface area contributed by atoms with Gasteiger partial charge < -0.3 is 0 Å². The van der Waals surface area contributed by atoms with Crippen LogP contribution in [0.4, 0.5) is 8.78 Å². The Morgan fingerprint density at radius 1 is 1.00 bits per heavy atom. The first-order valence-corrected chi connectivity index (χ1v) is 5.09. The molecule has 2 fully saturated rings. The third-order valence-corrected chi connectivity index (χ3v) is 3.74.